The number of carbonyl (C=O) groups is 3. The summed E-state index contributed by atoms with van der Waals surface area (Å²) in [4.78, 5) is 39.0. The molecule has 0 radical (unpaired) electrons. The van der Waals surface area contributed by atoms with E-state index in [1.54, 1.807) is 4.90 Å². The van der Waals surface area contributed by atoms with E-state index in [4.69, 9.17) is 4.74 Å². The summed E-state index contributed by atoms with van der Waals surface area (Å²) in [6.07, 6.45) is 4.28. The Hall–Kier alpha value is -3.35. The number of nitrogens with one attached hydrogen (secondary N) is 1. The van der Waals surface area contributed by atoms with E-state index >= 15 is 0 Å². The molecule has 1 heterocycles. The standard InChI is InChI=1S/C28H32N2O5/c31-26(30-15-7-14-25(30)27(32)33)19-9-2-1-8-18(19)16-29-28(34)35-17-24-22-12-5-3-10-20(22)21-11-4-6-13-23(21)24/h3-6,10-13,18-19,24-25H,1-2,7-9,14-17H2,(H,29,34)(H,32,33)/t18-,19-,25-/m1/s1. The third-order valence-corrected chi connectivity index (χ3v) is 7.90. The highest BCUT2D eigenvalue weighted by atomic mass is 16.5. The Morgan fingerprint density at radius 2 is 1.57 bits per heavy atom. The molecule has 2 aliphatic carbocycles. The van der Waals surface area contributed by atoms with Gasteiger partial charge < -0.3 is 20.1 Å². The second-order valence-electron chi connectivity index (χ2n) is 9.89. The summed E-state index contributed by atoms with van der Waals surface area (Å²) < 4.78 is 5.65. The summed E-state index contributed by atoms with van der Waals surface area (Å²) >= 11 is 0. The molecule has 7 nitrogen and oxygen atoms in total. The lowest BCUT2D eigenvalue weighted by Crippen LogP contribution is -2.47. The topological polar surface area (TPSA) is 95.9 Å². The van der Waals surface area contributed by atoms with Crippen molar-refractivity contribution in [3.8, 4) is 11.1 Å². The van der Waals surface area contributed by atoms with Crippen molar-refractivity contribution in [1.29, 1.82) is 0 Å². The highest BCUT2D eigenvalue weighted by Crippen LogP contribution is 2.44. The first-order valence-corrected chi connectivity index (χ1v) is 12.7. The maximum Gasteiger partial charge on any atom is 0.407 e. The van der Waals surface area contributed by atoms with E-state index in [1.165, 1.54) is 11.1 Å². The zero-order valence-electron chi connectivity index (χ0n) is 19.8. The number of hydrogen-bond acceptors (Lipinski definition) is 4. The van der Waals surface area contributed by atoms with Crippen molar-refractivity contribution >= 4 is 18.0 Å². The van der Waals surface area contributed by atoms with Crippen molar-refractivity contribution in [3.05, 3.63) is 59.7 Å². The number of aliphatic carboxylic acids is 1. The van der Waals surface area contributed by atoms with Gasteiger partial charge in [0, 0.05) is 24.9 Å². The van der Waals surface area contributed by atoms with Crippen LogP contribution < -0.4 is 5.32 Å². The van der Waals surface area contributed by atoms with E-state index in [2.05, 4.69) is 29.6 Å². The number of amides is 2. The minimum absolute atomic E-state index is 0.000255. The van der Waals surface area contributed by atoms with Crippen LogP contribution in [0, 0.1) is 11.8 Å². The normalized spacial score (nSPS) is 23.4. The number of ether oxygens (including phenoxy) is 1. The number of alkyl carbamates (subject to hydrolysis) is 1. The zero-order valence-corrected chi connectivity index (χ0v) is 19.8. The number of hydrogen-bond donors (Lipinski definition) is 2. The van der Waals surface area contributed by atoms with Crippen LogP contribution >= 0.6 is 0 Å². The van der Waals surface area contributed by atoms with Gasteiger partial charge in [-0.15, -0.1) is 0 Å². The summed E-state index contributed by atoms with van der Waals surface area (Å²) in [6, 6.07) is 15.7. The molecule has 0 unspecified atom stereocenters. The van der Waals surface area contributed by atoms with Crippen molar-refractivity contribution in [2.24, 2.45) is 11.8 Å². The molecule has 2 amide bonds. The average Bonchev–Trinajstić information content (AvgIpc) is 3.50. The number of carboxylic acid groups (broad SMARTS) is 1. The SMILES string of the molecule is O=C(NC[C@H]1CCCC[C@H]1C(=O)N1CCC[C@@H]1C(=O)O)OCC1c2ccccc2-c2ccccc21. The van der Waals surface area contributed by atoms with E-state index in [9.17, 15) is 19.5 Å². The van der Waals surface area contributed by atoms with Gasteiger partial charge >= 0.3 is 12.1 Å². The molecule has 1 saturated heterocycles. The van der Waals surface area contributed by atoms with Crippen molar-refractivity contribution < 1.29 is 24.2 Å². The van der Waals surface area contributed by atoms with Gasteiger partial charge in [0.1, 0.15) is 12.6 Å². The summed E-state index contributed by atoms with van der Waals surface area (Å²) in [6.45, 7) is 1.11. The molecule has 2 aromatic carbocycles. The largest absolute Gasteiger partial charge is 0.480 e. The molecule has 1 aliphatic heterocycles. The lowest BCUT2D eigenvalue weighted by molar-refractivity contribution is -0.151. The Balaban J connectivity index is 1.19. The first-order chi connectivity index (χ1) is 17.0. The number of nitrogens with zero attached hydrogens (tertiary/aromatic N) is 1. The minimum atomic E-state index is -0.931. The van der Waals surface area contributed by atoms with Gasteiger partial charge in [-0.2, -0.15) is 0 Å². The van der Waals surface area contributed by atoms with Crippen LogP contribution in [0.4, 0.5) is 4.79 Å². The first kappa shape index (κ1) is 23.4. The van der Waals surface area contributed by atoms with Crippen LogP contribution in [0.2, 0.25) is 0 Å². The molecule has 0 spiro atoms. The highest BCUT2D eigenvalue weighted by molar-refractivity contribution is 5.86. The molecule has 3 aliphatic rings. The second-order valence-corrected chi connectivity index (χ2v) is 9.89. The molecule has 0 bridgehead atoms. The third kappa shape index (κ3) is 4.64. The van der Waals surface area contributed by atoms with Crippen molar-refractivity contribution in [2.75, 3.05) is 19.7 Å². The molecule has 2 N–H and O–H groups in total. The molecule has 2 fully saturated rings. The van der Waals surface area contributed by atoms with E-state index in [1.807, 2.05) is 24.3 Å². The Labute approximate surface area is 205 Å². The second kappa shape index (κ2) is 10.1. The van der Waals surface area contributed by atoms with Gasteiger partial charge in [-0.1, -0.05) is 61.4 Å². The number of carbonyl (C=O) groups excluding carboxylic acids is 2. The van der Waals surface area contributed by atoms with Gasteiger partial charge in [0.25, 0.3) is 0 Å². The molecule has 1 saturated carbocycles. The van der Waals surface area contributed by atoms with Crippen LogP contribution in [-0.2, 0) is 14.3 Å². The van der Waals surface area contributed by atoms with Crippen molar-refractivity contribution in [3.63, 3.8) is 0 Å². The van der Waals surface area contributed by atoms with Crippen LogP contribution in [0.15, 0.2) is 48.5 Å². The minimum Gasteiger partial charge on any atom is -0.480 e. The predicted molar refractivity (Wildman–Crippen MR) is 131 cm³/mol. The van der Waals surface area contributed by atoms with Gasteiger partial charge in [-0.3, -0.25) is 4.79 Å². The maximum atomic E-state index is 13.2. The number of carboxylic acids is 1. The number of benzene rings is 2. The fourth-order valence-electron chi connectivity index (χ4n) is 6.14. The molecular weight excluding hydrogens is 444 g/mol. The lowest BCUT2D eigenvalue weighted by Gasteiger charge is -2.34. The van der Waals surface area contributed by atoms with Crippen LogP contribution in [0.25, 0.3) is 11.1 Å². The van der Waals surface area contributed by atoms with Gasteiger partial charge in [-0.05, 0) is 53.9 Å². The smallest absolute Gasteiger partial charge is 0.407 e. The molecule has 0 aromatic heterocycles. The summed E-state index contributed by atoms with van der Waals surface area (Å²) in [5.74, 6) is -1.27. The third-order valence-electron chi connectivity index (χ3n) is 7.90. The average molecular weight is 477 g/mol. The molecule has 5 rings (SSSR count). The molecule has 184 valence electrons. The fraction of sp³-hybridized carbons (Fsp3) is 0.464. The van der Waals surface area contributed by atoms with Crippen LogP contribution in [0.1, 0.15) is 55.6 Å². The number of fused-ring (bicyclic) bond motifs is 3. The molecule has 3 atom stereocenters. The number of rotatable bonds is 6. The number of likely N-dealkylation sites (tertiary alicyclic amines) is 1. The quantitative estimate of drug-likeness (QED) is 0.644. The Kier molecular flexibility index (Phi) is 6.75. The van der Waals surface area contributed by atoms with Gasteiger partial charge in [0.2, 0.25) is 5.91 Å². The van der Waals surface area contributed by atoms with Crippen molar-refractivity contribution in [2.45, 2.75) is 50.5 Å². The van der Waals surface area contributed by atoms with E-state index in [0.717, 1.165) is 43.2 Å². The summed E-state index contributed by atoms with van der Waals surface area (Å²) in [5.41, 5.74) is 4.69. The van der Waals surface area contributed by atoms with Crippen LogP contribution in [-0.4, -0.2) is 53.7 Å². The van der Waals surface area contributed by atoms with E-state index in [-0.39, 0.29) is 30.3 Å². The Morgan fingerprint density at radius 3 is 2.26 bits per heavy atom. The van der Waals surface area contributed by atoms with Gasteiger partial charge in [-0.25, -0.2) is 9.59 Å². The van der Waals surface area contributed by atoms with Gasteiger partial charge in [0.15, 0.2) is 0 Å². The summed E-state index contributed by atoms with van der Waals surface area (Å²) in [5, 5.41) is 12.4. The monoisotopic (exact) mass is 476 g/mol. The van der Waals surface area contributed by atoms with E-state index in [0.29, 0.717) is 19.5 Å². The summed E-state index contributed by atoms with van der Waals surface area (Å²) in [7, 11) is 0. The molecule has 2 aromatic rings. The highest BCUT2D eigenvalue weighted by Gasteiger charge is 2.40. The Bertz CT molecular complexity index is 1070. The molecular formula is C28H32N2O5. The molecule has 7 heteroatoms. The van der Waals surface area contributed by atoms with Gasteiger partial charge in [0.05, 0.1) is 0 Å². The van der Waals surface area contributed by atoms with Crippen molar-refractivity contribution in [1.82, 2.24) is 10.2 Å². The Morgan fingerprint density at radius 1 is 0.914 bits per heavy atom. The fourth-order valence-corrected chi connectivity index (χ4v) is 6.14. The first-order valence-electron chi connectivity index (χ1n) is 12.7. The van der Waals surface area contributed by atoms with Crippen LogP contribution in [0.5, 0.6) is 0 Å². The lowest BCUT2D eigenvalue weighted by atomic mass is 9.78. The molecule has 35 heavy (non-hydrogen) atoms. The predicted octanol–water partition coefficient (Wildman–Crippen LogP) is 4.41. The van der Waals surface area contributed by atoms with E-state index < -0.39 is 18.1 Å². The van der Waals surface area contributed by atoms with Crippen LogP contribution in [0.3, 0.4) is 0 Å². The zero-order chi connectivity index (χ0) is 24.4. The maximum absolute atomic E-state index is 13.2.